The number of aliphatic hydroxyl groups is 1. The summed E-state index contributed by atoms with van der Waals surface area (Å²) in [5.74, 6) is -1.06. The summed E-state index contributed by atoms with van der Waals surface area (Å²) in [6.07, 6.45) is -1.42. The fourth-order valence-electron chi connectivity index (χ4n) is 1.02. The molecule has 0 unspecified atom stereocenters. The summed E-state index contributed by atoms with van der Waals surface area (Å²) in [5, 5.41) is 26.8. The average Bonchev–Trinajstić information content (AvgIpc) is 2.03. The van der Waals surface area contributed by atoms with Gasteiger partial charge in [-0.25, -0.2) is 0 Å². The zero-order valence-electron chi connectivity index (χ0n) is 6.84. The minimum Gasteiger partial charge on any atom is -0.508 e. The van der Waals surface area contributed by atoms with Crippen LogP contribution in [0.5, 0.6) is 5.75 Å². The molecule has 0 aliphatic carbocycles. The number of hydrogen-bond donors (Lipinski definition) is 3. The Bertz CT molecular complexity index is 308. The molecule has 0 bridgehead atoms. The van der Waals surface area contributed by atoms with Crippen molar-refractivity contribution >= 4 is 5.97 Å². The predicted octanol–water partition coefficient (Wildman–Crippen LogP) is 0.900. The third-order valence-electron chi connectivity index (χ3n) is 1.62. The number of phenolic OH excluding ortho intramolecular Hbond substituents is 1. The van der Waals surface area contributed by atoms with E-state index >= 15 is 0 Å². The molecule has 0 heterocycles. The van der Waals surface area contributed by atoms with Gasteiger partial charge in [-0.1, -0.05) is 12.1 Å². The van der Waals surface area contributed by atoms with E-state index in [4.69, 9.17) is 10.2 Å². The first-order valence-corrected chi connectivity index (χ1v) is 3.78. The Morgan fingerprint density at radius 2 is 2.15 bits per heavy atom. The number of hydrogen-bond acceptors (Lipinski definition) is 3. The lowest BCUT2D eigenvalue weighted by Crippen LogP contribution is -2.04. The molecular weight excluding hydrogens is 172 g/mol. The molecule has 0 radical (unpaired) electrons. The highest BCUT2D eigenvalue weighted by Gasteiger charge is 2.11. The molecule has 0 saturated heterocycles. The van der Waals surface area contributed by atoms with Gasteiger partial charge in [0.15, 0.2) is 0 Å². The number of carbonyl (C=O) groups is 1. The highest BCUT2D eigenvalue weighted by molar-refractivity contribution is 5.67. The lowest BCUT2D eigenvalue weighted by Gasteiger charge is -2.07. The normalized spacial score (nSPS) is 12.4. The first-order valence-electron chi connectivity index (χ1n) is 3.78. The van der Waals surface area contributed by atoms with E-state index in [-0.39, 0.29) is 12.2 Å². The van der Waals surface area contributed by atoms with Crippen molar-refractivity contribution in [2.24, 2.45) is 0 Å². The van der Waals surface area contributed by atoms with E-state index in [9.17, 15) is 9.90 Å². The monoisotopic (exact) mass is 182 g/mol. The molecule has 0 aliphatic heterocycles. The Kier molecular flexibility index (Phi) is 2.87. The molecule has 70 valence electrons. The van der Waals surface area contributed by atoms with Gasteiger partial charge < -0.3 is 15.3 Å². The molecule has 0 saturated carbocycles. The average molecular weight is 182 g/mol. The minimum absolute atomic E-state index is 0.0157. The Balaban J connectivity index is 2.76. The van der Waals surface area contributed by atoms with Gasteiger partial charge in [0.1, 0.15) is 5.75 Å². The first-order chi connectivity index (χ1) is 6.09. The maximum Gasteiger partial charge on any atom is 0.306 e. The third kappa shape index (κ3) is 2.76. The van der Waals surface area contributed by atoms with E-state index in [1.54, 1.807) is 12.1 Å². The van der Waals surface area contributed by atoms with Gasteiger partial charge in [0.2, 0.25) is 0 Å². The fraction of sp³-hybridized carbons (Fsp3) is 0.222. The van der Waals surface area contributed by atoms with Gasteiger partial charge in [-0.15, -0.1) is 0 Å². The van der Waals surface area contributed by atoms with E-state index in [0.717, 1.165) is 0 Å². The van der Waals surface area contributed by atoms with E-state index in [2.05, 4.69) is 0 Å². The number of aliphatic hydroxyl groups excluding tert-OH is 1. The van der Waals surface area contributed by atoms with Gasteiger partial charge in [0, 0.05) is 0 Å². The molecule has 0 aromatic heterocycles. The number of carboxylic acid groups (broad SMARTS) is 1. The Morgan fingerprint density at radius 3 is 2.69 bits per heavy atom. The number of aliphatic carboxylic acids is 1. The molecule has 0 spiro atoms. The molecule has 1 atom stereocenters. The zero-order valence-corrected chi connectivity index (χ0v) is 6.84. The molecule has 4 nitrogen and oxygen atoms in total. The SMILES string of the molecule is O=C(O)C[C@@H](O)c1cccc(O)c1. The van der Waals surface area contributed by atoms with Crippen LogP contribution in [-0.2, 0) is 4.79 Å². The van der Waals surface area contributed by atoms with Crippen LogP contribution in [-0.4, -0.2) is 21.3 Å². The van der Waals surface area contributed by atoms with E-state index in [0.29, 0.717) is 5.56 Å². The Hall–Kier alpha value is -1.55. The quantitative estimate of drug-likeness (QED) is 0.649. The van der Waals surface area contributed by atoms with Crippen molar-refractivity contribution in [3.8, 4) is 5.75 Å². The summed E-state index contributed by atoms with van der Waals surface area (Å²) in [4.78, 5) is 10.2. The largest absolute Gasteiger partial charge is 0.508 e. The second kappa shape index (κ2) is 3.91. The van der Waals surface area contributed by atoms with Crippen LogP contribution in [0.2, 0.25) is 0 Å². The van der Waals surface area contributed by atoms with Gasteiger partial charge in [0.25, 0.3) is 0 Å². The maximum absolute atomic E-state index is 10.2. The number of carboxylic acids is 1. The van der Waals surface area contributed by atoms with E-state index < -0.39 is 12.1 Å². The fourth-order valence-corrected chi connectivity index (χ4v) is 1.02. The number of rotatable bonds is 3. The molecule has 1 aromatic rings. The van der Waals surface area contributed by atoms with Crippen LogP contribution >= 0.6 is 0 Å². The van der Waals surface area contributed by atoms with Gasteiger partial charge in [-0.2, -0.15) is 0 Å². The number of benzene rings is 1. The van der Waals surface area contributed by atoms with Crippen molar-refractivity contribution in [2.45, 2.75) is 12.5 Å². The molecule has 0 amide bonds. The molecular formula is C9H10O4. The van der Waals surface area contributed by atoms with Crippen molar-refractivity contribution < 1.29 is 20.1 Å². The summed E-state index contributed by atoms with van der Waals surface area (Å²) < 4.78 is 0. The molecule has 4 heteroatoms. The molecule has 1 rings (SSSR count). The van der Waals surface area contributed by atoms with Crippen molar-refractivity contribution in [1.82, 2.24) is 0 Å². The van der Waals surface area contributed by atoms with E-state index in [1.165, 1.54) is 12.1 Å². The highest BCUT2D eigenvalue weighted by Crippen LogP contribution is 2.20. The third-order valence-corrected chi connectivity index (χ3v) is 1.62. The zero-order chi connectivity index (χ0) is 9.84. The molecule has 3 N–H and O–H groups in total. The summed E-state index contributed by atoms with van der Waals surface area (Å²) in [6.45, 7) is 0. The van der Waals surface area contributed by atoms with Crippen LogP contribution in [0.25, 0.3) is 0 Å². The molecule has 1 aromatic carbocycles. The lowest BCUT2D eigenvalue weighted by molar-refractivity contribution is -0.139. The van der Waals surface area contributed by atoms with Crippen molar-refractivity contribution in [3.05, 3.63) is 29.8 Å². The molecule has 13 heavy (non-hydrogen) atoms. The van der Waals surface area contributed by atoms with E-state index in [1.807, 2.05) is 0 Å². The second-order valence-corrected chi connectivity index (χ2v) is 2.71. The van der Waals surface area contributed by atoms with Crippen LogP contribution in [0.4, 0.5) is 0 Å². The van der Waals surface area contributed by atoms with Crippen LogP contribution in [0.1, 0.15) is 18.1 Å². The smallest absolute Gasteiger partial charge is 0.306 e. The van der Waals surface area contributed by atoms with Gasteiger partial charge in [0.05, 0.1) is 12.5 Å². The topological polar surface area (TPSA) is 77.8 Å². The van der Waals surface area contributed by atoms with Crippen molar-refractivity contribution in [2.75, 3.05) is 0 Å². The van der Waals surface area contributed by atoms with Gasteiger partial charge >= 0.3 is 5.97 Å². The maximum atomic E-state index is 10.2. The second-order valence-electron chi connectivity index (χ2n) is 2.71. The molecule has 0 aliphatic rings. The molecule has 0 fully saturated rings. The van der Waals surface area contributed by atoms with Gasteiger partial charge in [-0.05, 0) is 17.7 Å². The van der Waals surface area contributed by atoms with Gasteiger partial charge in [-0.3, -0.25) is 4.79 Å². The number of phenols is 1. The Morgan fingerprint density at radius 1 is 1.46 bits per heavy atom. The lowest BCUT2D eigenvalue weighted by atomic mass is 10.1. The van der Waals surface area contributed by atoms with Crippen LogP contribution < -0.4 is 0 Å². The summed E-state index contributed by atoms with van der Waals surface area (Å²) >= 11 is 0. The Labute approximate surface area is 75.1 Å². The minimum atomic E-state index is -1.07. The van der Waals surface area contributed by atoms with Crippen LogP contribution in [0.15, 0.2) is 24.3 Å². The summed E-state index contributed by atoms with van der Waals surface area (Å²) in [7, 11) is 0. The summed E-state index contributed by atoms with van der Waals surface area (Å²) in [5.41, 5.74) is 0.405. The van der Waals surface area contributed by atoms with Crippen LogP contribution in [0.3, 0.4) is 0 Å². The van der Waals surface area contributed by atoms with Crippen LogP contribution in [0, 0.1) is 0 Å². The summed E-state index contributed by atoms with van der Waals surface area (Å²) in [6, 6.07) is 5.91. The number of aromatic hydroxyl groups is 1. The first kappa shape index (κ1) is 9.54. The standard InChI is InChI=1S/C9H10O4/c10-7-3-1-2-6(4-7)8(11)5-9(12)13/h1-4,8,10-11H,5H2,(H,12,13)/t8-/m1/s1. The highest BCUT2D eigenvalue weighted by atomic mass is 16.4. The van der Waals surface area contributed by atoms with Crippen molar-refractivity contribution in [3.63, 3.8) is 0 Å². The van der Waals surface area contributed by atoms with Crippen molar-refractivity contribution in [1.29, 1.82) is 0 Å². The predicted molar refractivity (Wildman–Crippen MR) is 45.3 cm³/mol.